The van der Waals surface area contributed by atoms with Crippen LogP contribution in [0.25, 0.3) is 0 Å². The van der Waals surface area contributed by atoms with Gasteiger partial charge in [0.05, 0.1) is 12.9 Å². The van der Waals surface area contributed by atoms with Gasteiger partial charge in [-0.3, -0.25) is 0 Å². The monoisotopic (exact) mass is 278 g/mol. The van der Waals surface area contributed by atoms with Crippen molar-refractivity contribution in [2.75, 3.05) is 13.7 Å². The maximum absolute atomic E-state index is 5.60. The predicted molar refractivity (Wildman–Crippen MR) is 85.7 cm³/mol. The number of ether oxygens (including phenoxy) is 2. The Hall–Kier alpha value is -1.02. The van der Waals surface area contributed by atoms with E-state index in [1.807, 2.05) is 19.9 Å². The van der Waals surface area contributed by atoms with Gasteiger partial charge in [-0.1, -0.05) is 25.5 Å². The summed E-state index contributed by atoms with van der Waals surface area (Å²) in [6, 6.07) is 0. The molecule has 0 N–H and O–H groups in total. The molecule has 0 fully saturated rings. The molecule has 0 heterocycles. The molecule has 1 atom stereocenters. The largest absolute Gasteiger partial charge is 0.502 e. The minimum Gasteiger partial charge on any atom is -0.502 e. The fraction of sp³-hybridized carbons (Fsp3) is 0.667. The van der Waals surface area contributed by atoms with Gasteiger partial charge < -0.3 is 9.47 Å². The molecule has 0 radical (unpaired) electrons. The van der Waals surface area contributed by atoms with Crippen molar-refractivity contribution in [3.05, 3.63) is 35.6 Å². The number of methoxy groups -OCH3 is 1. The standard InChI is InChI=1S/C18H30O2/c1-7-20-14-13-18(5,19-6)12-10-16-15(2)9-8-11-17(16,3)4/h10,12-14H,7-9,11H2,1-6H3/b12-10+,14-13-. The second-order valence-electron chi connectivity index (χ2n) is 6.41. The maximum Gasteiger partial charge on any atom is 0.105 e. The van der Waals surface area contributed by atoms with E-state index in [2.05, 4.69) is 32.9 Å². The molecule has 2 nitrogen and oxygen atoms in total. The number of hydrogen-bond acceptors (Lipinski definition) is 2. The summed E-state index contributed by atoms with van der Waals surface area (Å²) >= 11 is 0. The first-order valence-electron chi connectivity index (χ1n) is 7.58. The van der Waals surface area contributed by atoms with Crippen molar-refractivity contribution in [1.29, 1.82) is 0 Å². The van der Waals surface area contributed by atoms with Crippen LogP contribution in [0.15, 0.2) is 35.6 Å². The molecule has 114 valence electrons. The highest BCUT2D eigenvalue weighted by atomic mass is 16.5. The lowest BCUT2D eigenvalue weighted by Gasteiger charge is -2.33. The predicted octanol–water partition coefficient (Wildman–Crippen LogP) is 5.02. The zero-order valence-corrected chi connectivity index (χ0v) is 14.0. The molecule has 1 unspecified atom stereocenters. The van der Waals surface area contributed by atoms with Crippen LogP contribution in [0.2, 0.25) is 0 Å². The Morgan fingerprint density at radius 1 is 1.30 bits per heavy atom. The second kappa shape index (κ2) is 7.12. The van der Waals surface area contributed by atoms with E-state index < -0.39 is 5.60 Å². The molecule has 0 amide bonds. The highest BCUT2D eigenvalue weighted by Gasteiger charge is 2.27. The van der Waals surface area contributed by atoms with Gasteiger partial charge in [0.25, 0.3) is 0 Å². The lowest BCUT2D eigenvalue weighted by atomic mass is 9.72. The van der Waals surface area contributed by atoms with E-state index in [0.717, 1.165) is 0 Å². The quantitative estimate of drug-likeness (QED) is 0.635. The van der Waals surface area contributed by atoms with Gasteiger partial charge in [-0.05, 0) is 63.2 Å². The Morgan fingerprint density at radius 2 is 2.00 bits per heavy atom. The normalized spacial score (nSPS) is 22.5. The highest BCUT2D eigenvalue weighted by molar-refractivity contribution is 5.34. The zero-order valence-electron chi connectivity index (χ0n) is 14.0. The van der Waals surface area contributed by atoms with E-state index in [9.17, 15) is 0 Å². The zero-order chi connectivity index (χ0) is 15.2. The molecule has 0 aromatic heterocycles. The summed E-state index contributed by atoms with van der Waals surface area (Å²) in [7, 11) is 1.73. The van der Waals surface area contributed by atoms with Crippen LogP contribution in [0.5, 0.6) is 0 Å². The smallest absolute Gasteiger partial charge is 0.105 e. The summed E-state index contributed by atoms with van der Waals surface area (Å²) in [5, 5.41) is 0. The average Bonchev–Trinajstić information content (AvgIpc) is 2.38. The van der Waals surface area contributed by atoms with Crippen molar-refractivity contribution in [2.45, 2.75) is 59.5 Å². The van der Waals surface area contributed by atoms with Crippen LogP contribution in [0.1, 0.15) is 53.9 Å². The van der Waals surface area contributed by atoms with E-state index in [-0.39, 0.29) is 5.41 Å². The van der Waals surface area contributed by atoms with E-state index in [0.29, 0.717) is 6.61 Å². The van der Waals surface area contributed by atoms with Crippen LogP contribution in [0.4, 0.5) is 0 Å². The number of allylic oxidation sites excluding steroid dienone is 3. The molecule has 20 heavy (non-hydrogen) atoms. The van der Waals surface area contributed by atoms with Crippen LogP contribution in [0, 0.1) is 5.41 Å². The summed E-state index contributed by atoms with van der Waals surface area (Å²) in [6.45, 7) is 11.6. The van der Waals surface area contributed by atoms with Gasteiger partial charge in [0.2, 0.25) is 0 Å². The summed E-state index contributed by atoms with van der Waals surface area (Å²) < 4.78 is 10.9. The van der Waals surface area contributed by atoms with Crippen LogP contribution in [-0.2, 0) is 9.47 Å². The van der Waals surface area contributed by atoms with Gasteiger partial charge in [-0.15, -0.1) is 0 Å². The number of hydrogen-bond donors (Lipinski definition) is 0. The summed E-state index contributed by atoms with van der Waals surface area (Å²) in [6.07, 6.45) is 11.8. The molecule has 0 aromatic rings. The molecular weight excluding hydrogens is 248 g/mol. The molecular formula is C18H30O2. The van der Waals surface area contributed by atoms with Crippen LogP contribution >= 0.6 is 0 Å². The molecule has 0 aromatic carbocycles. The molecule has 2 heteroatoms. The molecule has 0 bridgehead atoms. The average molecular weight is 278 g/mol. The molecule has 1 aliphatic rings. The Labute approximate surface area is 124 Å². The molecule has 0 saturated heterocycles. The Morgan fingerprint density at radius 3 is 2.55 bits per heavy atom. The topological polar surface area (TPSA) is 18.5 Å². The minimum absolute atomic E-state index is 0.261. The fourth-order valence-corrected chi connectivity index (χ4v) is 2.73. The fourth-order valence-electron chi connectivity index (χ4n) is 2.73. The van der Waals surface area contributed by atoms with Gasteiger partial charge >= 0.3 is 0 Å². The van der Waals surface area contributed by atoms with Gasteiger partial charge in [-0.25, -0.2) is 0 Å². The van der Waals surface area contributed by atoms with Crippen molar-refractivity contribution in [3.8, 4) is 0 Å². The van der Waals surface area contributed by atoms with Crippen LogP contribution in [0.3, 0.4) is 0 Å². The van der Waals surface area contributed by atoms with Crippen molar-refractivity contribution in [3.63, 3.8) is 0 Å². The Bertz CT molecular complexity index is 402. The van der Waals surface area contributed by atoms with Gasteiger partial charge in [0.1, 0.15) is 5.60 Å². The first-order chi connectivity index (χ1) is 9.34. The van der Waals surface area contributed by atoms with E-state index in [1.165, 1.54) is 30.4 Å². The van der Waals surface area contributed by atoms with Crippen LogP contribution in [-0.4, -0.2) is 19.3 Å². The van der Waals surface area contributed by atoms with Crippen molar-refractivity contribution in [2.24, 2.45) is 5.41 Å². The van der Waals surface area contributed by atoms with Crippen molar-refractivity contribution >= 4 is 0 Å². The summed E-state index contributed by atoms with van der Waals surface area (Å²) in [5.74, 6) is 0. The Kier molecular flexibility index (Phi) is 6.07. The summed E-state index contributed by atoms with van der Waals surface area (Å²) in [5.41, 5.74) is 2.80. The molecule has 0 saturated carbocycles. The lowest BCUT2D eigenvalue weighted by Crippen LogP contribution is -2.23. The molecule has 0 aliphatic heterocycles. The SMILES string of the molecule is CCO/C=C\C(C)(/C=C/C1=C(C)CCCC1(C)C)OC. The minimum atomic E-state index is -0.421. The molecule has 1 aliphatic carbocycles. The third kappa shape index (κ3) is 4.52. The first kappa shape index (κ1) is 17.0. The number of rotatable bonds is 6. The van der Waals surface area contributed by atoms with Crippen molar-refractivity contribution in [1.82, 2.24) is 0 Å². The van der Waals surface area contributed by atoms with E-state index in [1.54, 1.807) is 13.4 Å². The van der Waals surface area contributed by atoms with E-state index >= 15 is 0 Å². The van der Waals surface area contributed by atoms with Crippen molar-refractivity contribution < 1.29 is 9.47 Å². The maximum atomic E-state index is 5.60. The van der Waals surface area contributed by atoms with Crippen LogP contribution < -0.4 is 0 Å². The van der Waals surface area contributed by atoms with Gasteiger partial charge in [0, 0.05) is 7.11 Å². The summed E-state index contributed by atoms with van der Waals surface area (Å²) in [4.78, 5) is 0. The second-order valence-corrected chi connectivity index (χ2v) is 6.41. The molecule has 0 spiro atoms. The van der Waals surface area contributed by atoms with Gasteiger partial charge in [0.15, 0.2) is 0 Å². The third-order valence-electron chi connectivity index (χ3n) is 4.23. The third-order valence-corrected chi connectivity index (χ3v) is 4.23. The first-order valence-corrected chi connectivity index (χ1v) is 7.58. The Balaban J connectivity index is 2.93. The van der Waals surface area contributed by atoms with Gasteiger partial charge in [-0.2, -0.15) is 0 Å². The van der Waals surface area contributed by atoms with E-state index in [4.69, 9.17) is 9.47 Å². The highest BCUT2D eigenvalue weighted by Crippen LogP contribution is 2.41. The molecule has 1 rings (SSSR count). The lowest BCUT2D eigenvalue weighted by molar-refractivity contribution is 0.0873.